The highest BCUT2D eigenvalue weighted by Gasteiger charge is 2.24. The van der Waals surface area contributed by atoms with Crippen molar-refractivity contribution in [1.29, 1.82) is 0 Å². The highest BCUT2D eigenvalue weighted by atomic mass is 16.3. The average Bonchev–Trinajstić information content (AvgIpc) is 3.51. The monoisotopic (exact) mass is 685 g/mol. The number of unbranched alkanes of at least 4 members (excludes halogenated alkanes) is 2. The third-order valence-corrected chi connectivity index (χ3v) is 11.5. The lowest BCUT2D eigenvalue weighted by atomic mass is 9.82. The number of nitrogens with one attached hydrogen (secondary N) is 1. The van der Waals surface area contributed by atoms with Crippen molar-refractivity contribution in [1.82, 2.24) is 9.66 Å². The van der Waals surface area contributed by atoms with Gasteiger partial charge in [0.2, 0.25) is 5.88 Å². The number of aryl methyl sites for hydroxylation is 2. The fraction of sp³-hybridized carbons (Fsp3) is 0.614. The van der Waals surface area contributed by atoms with Gasteiger partial charge in [0, 0.05) is 49.1 Å². The minimum Gasteiger partial charge on any atom is -0.493 e. The van der Waals surface area contributed by atoms with Gasteiger partial charge in [-0.2, -0.15) is 4.68 Å². The van der Waals surface area contributed by atoms with E-state index in [2.05, 4.69) is 76.2 Å². The summed E-state index contributed by atoms with van der Waals surface area (Å²) in [6.45, 7) is 21.9. The molecule has 0 radical (unpaired) electrons. The first-order valence-electron chi connectivity index (χ1n) is 19.9. The van der Waals surface area contributed by atoms with Crippen LogP contribution in [0, 0.1) is 32.6 Å². The number of nitrogens with zero attached hydrogens (tertiary/aromatic N) is 3. The zero-order valence-corrected chi connectivity index (χ0v) is 33.1. The molecule has 1 saturated carbocycles. The van der Waals surface area contributed by atoms with Gasteiger partial charge in [-0.3, -0.25) is 4.79 Å². The van der Waals surface area contributed by atoms with Crippen molar-refractivity contribution in [3.05, 3.63) is 66.8 Å². The summed E-state index contributed by atoms with van der Waals surface area (Å²) in [6, 6.07) is 7.13. The number of anilines is 1. The van der Waals surface area contributed by atoms with Gasteiger partial charge in [-0.1, -0.05) is 104 Å². The minimum absolute atomic E-state index is 0.0660. The van der Waals surface area contributed by atoms with Crippen molar-refractivity contribution < 1.29 is 5.11 Å². The van der Waals surface area contributed by atoms with E-state index in [-0.39, 0.29) is 11.4 Å². The summed E-state index contributed by atoms with van der Waals surface area (Å²) in [7, 11) is 3.55. The molecule has 0 bridgehead atoms. The third-order valence-electron chi connectivity index (χ3n) is 11.5. The van der Waals surface area contributed by atoms with Gasteiger partial charge in [-0.05, 0) is 98.3 Å². The standard InChI is InChI=1S/C44H68N4O2/c1-11-15-20-34(13-3)28-47(29-35(14-4)21-16-12-2)40-27-38(26-39-32(7)33(8)43(49)48(44(39)50)46(9)10)42(45-40)41-30(5)24-37(25-31(41)6)36-22-18-17-19-23-36/h24-27,34-36,45,49H,7,11-23,28-29H2,1-6,8-10H3/b39-26-. The van der Waals surface area contributed by atoms with Crippen LogP contribution in [0.1, 0.15) is 145 Å². The Morgan fingerprint density at radius 3 is 1.98 bits per heavy atom. The van der Waals surface area contributed by atoms with Gasteiger partial charge in [0.05, 0.1) is 5.69 Å². The summed E-state index contributed by atoms with van der Waals surface area (Å²) < 4.78 is 1.34. The molecule has 1 aliphatic carbocycles. The Bertz CT molecular complexity index is 1680. The first kappa shape index (κ1) is 39.4. The molecular weight excluding hydrogens is 617 g/mol. The van der Waals surface area contributed by atoms with Crippen LogP contribution in [0.5, 0.6) is 5.88 Å². The lowest BCUT2D eigenvalue weighted by Crippen LogP contribution is -2.50. The first-order valence-corrected chi connectivity index (χ1v) is 19.9. The molecule has 2 heterocycles. The van der Waals surface area contributed by atoms with E-state index in [9.17, 15) is 9.90 Å². The van der Waals surface area contributed by atoms with Crippen molar-refractivity contribution >= 4 is 18.5 Å². The molecule has 2 aromatic heterocycles. The zero-order chi connectivity index (χ0) is 36.5. The molecular formula is C44H68N4O2. The van der Waals surface area contributed by atoms with Crippen LogP contribution in [-0.4, -0.2) is 42.0 Å². The molecule has 2 unspecified atom stereocenters. The molecule has 1 aromatic carbocycles. The summed E-state index contributed by atoms with van der Waals surface area (Å²) in [5.41, 5.74) is 7.60. The van der Waals surface area contributed by atoms with Crippen molar-refractivity contribution in [2.75, 3.05) is 37.1 Å². The molecule has 0 amide bonds. The predicted octanol–water partition coefficient (Wildman–Crippen LogP) is 9.20. The van der Waals surface area contributed by atoms with E-state index < -0.39 is 0 Å². The summed E-state index contributed by atoms with van der Waals surface area (Å²) >= 11 is 0. The molecule has 1 aliphatic rings. The van der Waals surface area contributed by atoms with E-state index in [1.807, 2.05) is 13.0 Å². The van der Waals surface area contributed by atoms with Crippen molar-refractivity contribution in [3.8, 4) is 17.1 Å². The first-order chi connectivity index (χ1) is 23.9. The molecule has 3 aromatic rings. The smallest absolute Gasteiger partial charge is 0.280 e. The minimum atomic E-state index is -0.272. The summed E-state index contributed by atoms with van der Waals surface area (Å²) in [5, 5.41) is 13.6. The molecule has 1 fully saturated rings. The van der Waals surface area contributed by atoms with Gasteiger partial charge >= 0.3 is 0 Å². The molecule has 0 saturated heterocycles. The lowest BCUT2D eigenvalue weighted by Gasteiger charge is -2.31. The van der Waals surface area contributed by atoms with Gasteiger partial charge < -0.3 is 20.0 Å². The number of H-pyrrole nitrogens is 1. The summed E-state index contributed by atoms with van der Waals surface area (Å²) in [5.74, 6) is 2.94. The Morgan fingerprint density at radius 2 is 1.48 bits per heavy atom. The fourth-order valence-electron chi connectivity index (χ4n) is 8.25. The van der Waals surface area contributed by atoms with E-state index in [0.717, 1.165) is 43.0 Å². The quantitative estimate of drug-likeness (QED) is 0.149. The van der Waals surface area contributed by atoms with E-state index in [1.165, 1.54) is 97.6 Å². The number of rotatable bonds is 17. The van der Waals surface area contributed by atoms with Gasteiger partial charge in [-0.15, -0.1) is 0 Å². The van der Waals surface area contributed by atoms with Gasteiger partial charge in [-0.25, -0.2) is 0 Å². The second kappa shape index (κ2) is 18.2. The topological polar surface area (TPSA) is 64.5 Å². The second-order valence-corrected chi connectivity index (χ2v) is 15.5. The lowest BCUT2D eigenvalue weighted by molar-refractivity contribution is 0.402. The SMILES string of the molecule is C=c1c(C)c(O)n(N(C)C)c(=O)/c1=C\c1cc(N(CC(CC)CCCC)CC(CC)CCCC)[nH]c1-c1c(C)cc(C2CCCCC2)cc1C. The van der Waals surface area contributed by atoms with E-state index >= 15 is 0 Å². The summed E-state index contributed by atoms with van der Waals surface area (Å²) in [6.07, 6.45) is 18.3. The molecule has 6 heteroatoms. The van der Waals surface area contributed by atoms with E-state index in [4.69, 9.17) is 0 Å². The van der Waals surface area contributed by atoms with Gasteiger partial charge in [0.15, 0.2) is 0 Å². The Morgan fingerprint density at radius 1 is 0.920 bits per heavy atom. The second-order valence-electron chi connectivity index (χ2n) is 15.5. The molecule has 2 atom stereocenters. The number of aromatic hydroxyl groups is 1. The third kappa shape index (κ3) is 9.08. The number of benzene rings is 1. The van der Waals surface area contributed by atoms with Crippen LogP contribution >= 0.6 is 0 Å². The summed E-state index contributed by atoms with van der Waals surface area (Å²) in [4.78, 5) is 20.6. The number of aromatic nitrogens is 2. The van der Waals surface area contributed by atoms with Crippen LogP contribution in [0.3, 0.4) is 0 Å². The van der Waals surface area contributed by atoms with E-state index in [0.29, 0.717) is 33.8 Å². The Kier molecular flexibility index (Phi) is 14.3. The van der Waals surface area contributed by atoms with Crippen LogP contribution in [-0.2, 0) is 0 Å². The van der Waals surface area contributed by atoms with Gasteiger partial charge in [0.25, 0.3) is 5.56 Å². The number of pyridine rings is 1. The molecule has 50 heavy (non-hydrogen) atoms. The van der Waals surface area contributed by atoms with Crippen LogP contribution in [0.2, 0.25) is 0 Å². The van der Waals surface area contributed by atoms with Crippen molar-refractivity contribution in [3.63, 3.8) is 0 Å². The highest BCUT2D eigenvalue weighted by molar-refractivity contribution is 5.80. The average molecular weight is 685 g/mol. The number of aromatic amines is 1. The Balaban J connectivity index is 1.97. The van der Waals surface area contributed by atoms with Crippen LogP contribution in [0.4, 0.5) is 5.82 Å². The maximum Gasteiger partial charge on any atom is 0.280 e. The molecule has 4 rings (SSSR count). The normalized spacial score (nSPS) is 15.4. The molecule has 2 N–H and O–H groups in total. The van der Waals surface area contributed by atoms with E-state index in [1.54, 1.807) is 19.1 Å². The molecule has 276 valence electrons. The zero-order valence-electron chi connectivity index (χ0n) is 33.1. The Labute approximate surface area is 303 Å². The maximum absolute atomic E-state index is 14.0. The van der Waals surface area contributed by atoms with Gasteiger partial charge in [0.1, 0.15) is 5.82 Å². The van der Waals surface area contributed by atoms with Crippen LogP contribution in [0.15, 0.2) is 23.0 Å². The maximum atomic E-state index is 14.0. The molecule has 0 spiro atoms. The predicted molar refractivity (Wildman–Crippen MR) is 216 cm³/mol. The Hall–Kier alpha value is -3.41. The van der Waals surface area contributed by atoms with Crippen molar-refractivity contribution in [2.24, 2.45) is 11.8 Å². The largest absolute Gasteiger partial charge is 0.493 e. The molecule has 6 nitrogen and oxygen atoms in total. The van der Waals surface area contributed by atoms with Crippen LogP contribution in [0.25, 0.3) is 23.9 Å². The molecule has 0 aliphatic heterocycles. The van der Waals surface area contributed by atoms with Crippen LogP contribution < -0.4 is 25.9 Å². The number of hydrogen-bond acceptors (Lipinski definition) is 4. The highest BCUT2D eigenvalue weighted by Crippen LogP contribution is 2.39. The fourth-order valence-corrected chi connectivity index (χ4v) is 8.25. The van der Waals surface area contributed by atoms with Crippen molar-refractivity contribution in [2.45, 2.75) is 138 Å². The number of hydrogen-bond donors (Lipinski definition) is 2.